The topological polar surface area (TPSA) is 41.6 Å². The van der Waals surface area contributed by atoms with E-state index in [9.17, 15) is 4.79 Å². The number of hydrogen-bond donors (Lipinski definition) is 1. The molecule has 2 heterocycles. The van der Waals surface area contributed by atoms with Crippen molar-refractivity contribution in [2.24, 2.45) is 5.41 Å². The maximum absolute atomic E-state index is 12.0. The van der Waals surface area contributed by atoms with Crippen molar-refractivity contribution in [2.75, 3.05) is 26.2 Å². The van der Waals surface area contributed by atoms with Crippen LogP contribution < -0.4 is 5.32 Å². The molecule has 21 heavy (non-hydrogen) atoms. The highest BCUT2D eigenvalue weighted by atomic mass is 35.5. The summed E-state index contributed by atoms with van der Waals surface area (Å²) in [6.45, 7) is 3.76. The van der Waals surface area contributed by atoms with E-state index in [1.807, 2.05) is 0 Å². The Kier molecular flexibility index (Phi) is 5.25. The number of halogens is 3. The lowest BCUT2D eigenvalue weighted by Crippen LogP contribution is -2.55. The summed E-state index contributed by atoms with van der Waals surface area (Å²) in [4.78, 5) is 13.8. The number of nitrogens with one attached hydrogen (secondary N) is 1. The van der Waals surface area contributed by atoms with E-state index in [1.165, 1.54) is 0 Å². The van der Waals surface area contributed by atoms with E-state index < -0.39 is 0 Å². The van der Waals surface area contributed by atoms with Gasteiger partial charge in [0.05, 0.1) is 0 Å². The summed E-state index contributed by atoms with van der Waals surface area (Å²) in [7, 11) is 0. The van der Waals surface area contributed by atoms with Crippen molar-refractivity contribution >= 4 is 41.7 Å². The van der Waals surface area contributed by atoms with Crippen molar-refractivity contribution in [2.45, 2.75) is 13.0 Å². The van der Waals surface area contributed by atoms with Gasteiger partial charge in [-0.2, -0.15) is 0 Å². The van der Waals surface area contributed by atoms with Gasteiger partial charge in [0.25, 0.3) is 0 Å². The number of rotatable bonds is 2. The van der Waals surface area contributed by atoms with Gasteiger partial charge in [0.15, 0.2) is 0 Å². The summed E-state index contributed by atoms with van der Waals surface area (Å²) in [5, 5.41) is 4.36. The number of carbonyl (C=O) groups is 1. The molecule has 1 aromatic carbocycles. The summed E-state index contributed by atoms with van der Waals surface area (Å²) in [5.74, 6) is 0. The molecular formula is C14H17Cl3N2O2. The third kappa shape index (κ3) is 3.75. The molecule has 1 aromatic rings. The molecule has 0 bridgehead atoms. The molecule has 0 radical (unpaired) electrons. The van der Waals surface area contributed by atoms with E-state index in [4.69, 9.17) is 27.9 Å². The number of ether oxygens (including phenoxy) is 1. The van der Waals surface area contributed by atoms with Gasteiger partial charge >= 0.3 is 6.09 Å². The molecule has 3 rings (SSSR count). The Labute approximate surface area is 140 Å². The average Bonchev–Trinajstić information content (AvgIpc) is 2.80. The number of nitrogens with zero attached hydrogens (tertiary/aromatic N) is 1. The molecule has 2 aliphatic heterocycles. The molecule has 0 aliphatic carbocycles. The average molecular weight is 352 g/mol. The molecule has 116 valence electrons. The predicted octanol–water partition coefficient (Wildman–Crippen LogP) is 3.35. The van der Waals surface area contributed by atoms with Gasteiger partial charge < -0.3 is 15.0 Å². The van der Waals surface area contributed by atoms with Crippen LogP contribution in [-0.2, 0) is 11.3 Å². The van der Waals surface area contributed by atoms with Gasteiger partial charge in [-0.3, -0.25) is 0 Å². The lowest BCUT2D eigenvalue weighted by atomic mass is 9.81. The van der Waals surface area contributed by atoms with E-state index in [0.29, 0.717) is 15.5 Å². The van der Waals surface area contributed by atoms with Gasteiger partial charge in [-0.1, -0.05) is 23.2 Å². The standard InChI is InChI=1S/C14H16Cl2N2O2.ClH/c15-11-3-10(4-12(16)5-11)6-20-13(19)18-2-1-14(9-18)7-17-8-14;/h3-5,17H,1-2,6-9H2;1H. The Balaban J connectivity index is 0.00000161. The Bertz CT molecular complexity index is 515. The number of amides is 1. The quantitative estimate of drug-likeness (QED) is 0.888. The van der Waals surface area contributed by atoms with Crippen LogP contribution >= 0.6 is 35.6 Å². The van der Waals surface area contributed by atoms with Gasteiger partial charge in [0, 0.05) is 41.6 Å². The molecule has 2 aliphatic rings. The largest absolute Gasteiger partial charge is 0.445 e. The summed E-state index contributed by atoms with van der Waals surface area (Å²) in [6.07, 6.45) is 0.794. The van der Waals surface area contributed by atoms with Gasteiger partial charge in [-0.05, 0) is 30.2 Å². The number of carbonyl (C=O) groups excluding carboxylic acids is 1. The molecule has 2 fully saturated rings. The maximum atomic E-state index is 12.0. The molecule has 1 amide bonds. The summed E-state index contributed by atoms with van der Waals surface area (Å²) < 4.78 is 5.33. The molecule has 0 saturated carbocycles. The van der Waals surface area contributed by atoms with Crippen LogP contribution in [0.5, 0.6) is 0 Å². The predicted molar refractivity (Wildman–Crippen MR) is 85.4 cm³/mol. The van der Waals surface area contributed by atoms with Crippen molar-refractivity contribution in [1.82, 2.24) is 10.2 Å². The van der Waals surface area contributed by atoms with Gasteiger partial charge in [-0.15, -0.1) is 12.4 Å². The molecule has 0 unspecified atom stereocenters. The van der Waals surface area contributed by atoms with Crippen LogP contribution in [0.25, 0.3) is 0 Å². The zero-order valence-electron chi connectivity index (χ0n) is 11.4. The highest BCUT2D eigenvalue weighted by molar-refractivity contribution is 6.34. The first-order chi connectivity index (χ1) is 9.56. The van der Waals surface area contributed by atoms with Crippen LogP contribution in [0.1, 0.15) is 12.0 Å². The second kappa shape index (κ2) is 6.61. The molecule has 0 aromatic heterocycles. The lowest BCUT2D eigenvalue weighted by molar-refractivity contribution is 0.0940. The minimum atomic E-state index is -0.259. The molecule has 2 saturated heterocycles. The van der Waals surface area contributed by atoms with Gasteiger partial charge in [0.1, 0.15) is 6.61 Å². The van der Waals surface area contributed by atoms with E-state index in [2.05, 4.69) is 5.32 Å². The van der Waals surface area contributed by atoms with Crippen LogP contribution in [0.2, 0.25) is 10.0 Å². The lowest BCUT2D eigenvalue weighted by Gasteiger charge is -2.38. The van der Waals surface area contributed by atoms with Crippen LogP contribution in [0.4, 0.5) is 4.79 Å². The second-order valence-corrected chi connectivity index (χ2v) is 6.48. The summed E-state index contributed by atoms with van der Waals surface area (Å²) in [5.41, 5.74) is 1.09. The van der Waals surface area contributed by atoms with E-state index in [-0.39, 0.29) is 25.1 Å². The Hall–Kier alpha value is -0.680. The smallest absolute Gasteiger partial charge is 0.410 e. The van der Waals surface area contributed by atoms with E-state index in [0.717, 1.165) is 38.2 Å². The zero-order chi connectivity index (χ0) is 14.2. The van der Waals surface area contributed by atoms with Crippen molar-refractivity contribution in [3.8, 4) is 0 Å². The van der Waals surface area contributed by atoms with Gasteiger partial charge in [-0.25, -0.2) is 4.79 Å². The fraction of sp³-hybridized carbons (Fsp3) is 0.500. The highest BCUT2D eigenvalue weighted by Crippen LogP contribution is 2.34. The minimum absolute atomic E-state index is 0. The summed E-state index contributed by atoms with van der Waals surface area (Å²) in [6, 6.07) is 5.16. The van der Waals surface area contributed by atoms with Crippen molar-refractivity contribution in [3.05, 3.63) is 33.8 Å². The zero-order valence-corrected chi connectivity index (χ0v) is 13.7. The summed E-state index contributed by atoms with van der Waals surface area (Å²) >= 11 is 11.8. The highest BCUT2D eigenvalue weighted by Gasteiger charge is 2.44. The first kappa shape index (κ1) is 16.7. The van der Waals surface area contributed by atoms with Crippen molar-refractivity contribution in [3.63, 3.8) is 0 Å². The van der Waals surface area contributed by atoms with Gasteiger partial charge in [0.2, 0.25) is 0 Å². The first-order valence-electron chi connectivity index (χ1n) is 6.64. The normalized spacial score (nSPS) is 19.0. The van der Waals surface area contributed by atoms with E-state index in [1.54, 1.807) is 23.1 Å². The SMILES string of the molecule is Cl.O=C(OCc1cc(Cl)cc(Cl)c1)N1CCC2(CNC2)C1. The monoisotopic (exact) mass is 350 g/mol. The first-order valence-corrected chi connectivity index (χ1v) is 7.39. The Morgan fingerprint density at radius 1 is 1.29 bits per heavy atom. The molecule has 1 spiro atoms. The molecule has 1 N–H and O–H groups in total. The second-order valence-electron chi connectivity index (χ2n) is 5.61. The van der Waals surface area contributed by atoms with Crippen LogP contribution in [0.3, 0.4) is 0 Å². The minimum Gasteiger partial charge on any atom is -0.445 e. The van der Waals surface area contributed by atoms with Crippen molar-refractivity contribution < 1.29 is 9.53 Å². The van der Waals surface area contributed by atoms with Crippen LogP contribution in [-0.4, -0.2) is 37.2 Å². The van der Waals surface area contributed by atoms with Crippen LogP contribution in [0.15, 0.2) is 18.2 Å². The number of benzene rings is 1. The third-order valence-corrected chi connectivity index (χ3v) is 4.42. The van der Waals surface area contributed by atoms with Crippen LogP contribution in [0, 0.1) is 5.41 Å². The van der Waals surface area contributed by atoms with E-state index >= 15 is 0 Å². The third-order valence-electron chi connectivity index (χ3n) is 3.98. The Morgan fingerprint density at radius 3 is 2.48 bits per heavy atom. The molecular weight excluding hydrogens is 335 g/mol. The molecule has 4 nitrogen and oxygen atoms in total. The molecule has 0 atom stereocenters. The number of hydrogen-bond acceptors (Lipinski definition) is 3. The maximum Gasteiger partial charge on any atom is 0.410 e. The van der Waals surface area contributed by atoms with Crippen molar-refractivity contribution in [1.29, 1.82) is 0 Å². The Morgan fingerprint density at radius 2 is 1.95 bits per heavy atom. The molecule has 7 heteroatoms. The fourth-order valence-corrected chi connectivity index (χ4v) is 3.36. The number of likely N-dealkylation sites (tertiary alicyclic amines) is 1. The fourth-order valence-electron chi connectivity index (χ4n) is 2.79.